The zero-order valence-corrected chi connectivity index (χ0v) is 15.7. The maximum Gasteiger partial charge on any atom is 0.242 e. The van der Waals surface area contributed by atoms with E-state index in [-0.39, 0.29) is 25.0 Å². The monoisotopic (exact) mass is 370 g/mol. The molecule has 4 rings (SSSR count). The summed E-state index contributed by atoms with van der Waals surface area (Å²) in [4.78, 5) is 34.0. The summed E-state index contributed by atoms with van der Waals surface area (Å²) in [5.41, 5.74) is 1.39. The van der Waals surface area contributed by atoms with Crippen LogP contribution in [0.25, 0.3) is 11.0 Å². The molecule has 7 nitrogen and oxygen atoms in total. The Morgan fingerprint density at radius 2 is 2.07 bits per heavy atom. The maximum atomic E-state index is 13.0. The topological polar surface area (TPSA) is 78.7 Å². The highest BCUT2D eigenvalue weighted by Crippen LogP contribution is 2.40. The van der Waals surface area contributed by atoms with Gasteiger partial charge in [0.25, 0.3) is 0 Å². The molecule has 1 aromatic carbocycles. The van der Waals surface area contributed by atoms with Crippen LogP contribution in [0.15, 0.2) is 24.3 Å². The number of hydrogen-bond acceptors (Lipinski definition) is 4. The van der Waals surface area contributed by atoms with Gasteiger partial charge >= 0.3 is 0 Å². The van der Waals surface area contributed by atoms with Crippen molar-refractivity contribution in [3.63, 3.8) is 0 Å². The molecule has 2 aromatic rings. The van der Waals surface area contributed by atoms with Crippen molar-refractivity contribution in [3.05, 3.63) is 30.1 Å². The number of amides is 2. The second-order valence-corrected chi connectivity index (χ2v) is 7.70. The smallest absolute Gasteiger partial charge is 0.242 e. The molecule has 1 aromatic heterocycles. The summed E-state index contributed by atoms with van der Waals surface area (Å²) in [7, 11) is 0. The number of aryl methyl sites for hydroxylation is 1. The highest BCUT2D eigenvalue weighted by molar-refractivity contribution is 5.86. The van der Waals surface area contributed by atoms with E-state index in [9.17, 15) is 14.7 Å². The first-order chi connectivity index (χ1) is 13.0. The Morgan fingerprint density at radius 1 is 1.26 bits per heavy atom. The number of aromatic nitrogens is 2. The third-order valence-electron chi connectivity index (χ3n) is 6.04. The molecule has 0 saturated carbocycles. The van der Waals surface area contributed by atoms with Gasteiger partial charge in [0.1, 0.15) is 12.4 Å². The Hall–Kier alpha value is -2.41. The molecule has 2 aliphatic heterocycles. The molecule has 144 valence electrons. The van der Waals surface area contributed by atoms with Gasteiger partial charge in [-0.15, -0.1) is 0 Å². The first-order valence-electron chi connectivity index (χ1n) is 9.64. The number of likely N-dealkylation sites (tertiary alicyclic amines) is 2. The van der Waals surface area contributed by atoms with Crippen LogP contribution < -0.4 is 0 Å². The lowest BCUT2D eigenvalue weighted by Gasteiger charge is -2.39. The predicted molar refractivity (Wildman–Crippen MR) is 101 cm³/mol. The molecule has 3 heterocycles. The van der Waals surface area contributed by atoms with Gasteiger partial charge in [-0.2, -0.15) is 0 Å². The Bertz CT molecular complexity index is 875. The average molecular weight is 370 g/mol. The molecule has 0 unspecified atom stereocenters. The molecule has 2 saturated heterocycles. The third-order valence-corrected chi connectivity index (χ3v) is 6.04. The number of fused-ring (bicyclic) bond motifs is 1. The van der Waals surface area contributed by atoms with Crippen molar-refractivity contribution in [1.82, 2.24) is 19.4 Å². The number of aliphatic hydroxyl groups excluding tert-OH is 1. The van der Waals surface area contributed by atoms with Gasteiger partial charge in [0.05, 0.1) is 23.1 Å². The molecule has 2 fully saturated rings. The van der Waals surface area contributed by atoms with Crippen molar-refractivity contribution >= 4 is 22.8 Å². The number of rotatable bonds is 4. The van der Waals surface area contributed by atoms with Crippen LogP contribution in [-0.2, 0) is 16.1 Å². The van der Waals surface area contributed by atoms with Gasteiger partial charge in [0.15, 0.2) is 0 Å². The zero-order valence-electron chi connectivity index (χ0n) is 15.7. The van der Waals surface area contributed by atoms with E-state index in [2.05, 4.69) is 4.98 Å². The summed E-state index contributed by atoms with van der Waals surface area (Å²) < 4.78 is 1.95. The largest absolute Gasteiger partial charge is 0.395 e. The molecule has 2 amide bonds. The molecule has 1 atom stereocenters. The fourth-order valence-corrected chi connectivity index (χ4v) is 4.58. The molecular weight excluding hydrogens is 344 g/mol. The number of para-hydroxylation sites is 2. The molecule has 27 heavy (non-hydrogen) atoms. The van der Waals surface area contributed by atoms with Crippen LogP contribution in [0.5, 0.6) is 0 Å². The van der Waals surface area contributed by atoms with Crippen molar-refractivity contribution in [3.8, 4) is 0 Å². The second kappa shape index (κ2) is 6.96. The summed E-state index contributed by atoms with van der Waals surface area (Å²) >= 11 is 0. The van der Waals surface area contributed by atoms with Crippen LogP contribution in [-0.4, -0.2) is 69.1 Å². The summed E-state index contributed by atoms with van der Waals surface area (Å²) in [6.07, 6.45) is 2.47. The Balaban J connectivity index is 1.49. The van der Waals surface area contributed by atoms with E-state index in [0.717, 1.165) is 29.7 Å². The molecular formula is C20H26N4O3. The van der Waals surface area contributed by atoms with Crippen molar-refractivity contribution < 1.29 is 14.7 Å². The van der Waals surface area contributed by atoms with Crippen LogP contribution in [0, 0.1) is 12.3 Å². The number of aliphatic hydroxyl groups is 1. The summed E-state index contributed by atoms with van der Waals surface area (Å²) in [6.45, 7) is 4.33. The van der Waals surface area contributed by atoms with Crippen LogP contribution >= 0.6 is 0 Å². The van der Waals surface area contributed by atoms with E-state index in [0.29, 0.717) is 32.6 Å². The SMILES string of the molecule is Cc1nc2ccccc2n1CC(=O)N1CC[C@@]2(CCCN(CCO)C2=O)C1. The van der Waals surface area contributed by atoms with E-state index in [1.807, 2.05) is 40.7 Å². The van der Waals surface area contributed by atoms with E-state index in [1.54, 1.807) is 4.90 Å². The van der Waals surface area contributed by atoms with Crippen LogP contribution in [0.2, 0.25) is 0 Å². The zero-order chi connectivity index (χ0) is 19.0. The van der Waals surface area contributed by atoms with Crippen LogP contribution in [0.1, 0.15) is 25.1 Å². The number of carbonyl (C=O) groups is 2. The first-order valence-corrected chi connectivity index (χ1v) is 9.64. The Morgan fingerprint density at radius 3 is 2.89 bits per heavy atom. The van der Waals surface area contributed by atoms with Gasteiger partial charge in [0.2, 0.25) is 11.8 Å². The minimum Gasteiger partial charge on any atom is -0.395 e. The molecule has 0 aliphatic carbocycles. The summed E-state index contributed by atoms with van der Waals surface area (Å²) in [5.74, 6) is 0.953. The van der Waals surface area contributed by atoms with Crippen LogP contribution in [0.4, 0.5) is 0 Å². The quantitative estimate of drug-likeness (QED) is 0.877. The molecule has 0 radical (unpaired) electrons. The minimum atomic E-state index is -0.463. The lowest BCUT2D eigenvalue weighted by Crippen LogP contribution is -2.51. The van der Waals surface area contributed by atoms with Gasteiger partial charge in [0, 0.05) is 26.2 Å². The highest BCUT2D eigenvalue weighted by atomic mass is 16.3. The second-order valence-electron chi connectivity index (χ2n) is 7.70. The fourth-order valence-electron chi connectivity index (χ4n) is 4.58. The van der Waals surface area contributed by atoms with Crippen molar-refractivity contribution in [2.24, 2.45) is 5.41 Å². The van der Waals surface area contributed by atoms with Crippen molar-refractivity contribution in [2.45, 2.75) is 32.7 Å². The van der Waals surface area contributed by atoms with E-state index < -0.39 is 5.41 Å². The number of hydrogen-bond donors (Lipinski definition) is 1. The standard InChI is InChI=1S/C20H26N4O3/c1-15-21-16-5-2-3-6-17(16)24(15)13-18(26)23-10-8-20(14-23)7-4-9-22(11-12-25)19(20)27/h2-3,5-6,25H,4,7-14H2,1H3/t20-/m0/s1. The number of benzene rings is 1. The minimum absolute atomic E-state index is 0.0164. The van der Waals surface area contributed by atoms with Gasteiger partial charge in [-0.05, 0) is 38.3 Å². The number of β-amino-alcohol motifs (C(OH)–C–C–N with tert-alkyl or cyclic N) is 1. The third kappa shape index (κ3) is 3.10. The molecule has 1 N–H and O–H groups in total. The fraction of sp³-hybridized carbons (Fsp3) is 0.550. The molecule has 0 bridgehead atoms. The normalized spacial score (nSPS) is 23.0. The average Bonchev–Trinajstić information content (AvgIpc) is 3.22. The predicted octanol–water partition coefficient (Wildman–Crippen LogP) is 1.18. The van der Waals surface area contributed by atoms with Crippen LogP contribution in [0.3, 0.4) is 0 Å². The van der Waals surface area contributed by atoms with E-state index in [1.165, 1.54) is 0 Å². The number of imidazole rings is 1. The Labute approximate surface area is 158 Å². The number of piperidine rings is 1. The van der Waals surface area contributed by atoms with Crippen molar-refractivity contribution in [1.29, 1.82) is 0 Å². The molecule has 7 heteroatoms. The number of nitrogens with zero attached hydrogens (tertiary/aromatic N) is 4. The Kier molecular flexibility index (Phi) is 4.63. The van der Waals surface area contributed by atoms with Gasteiger partial charge < -0.3 is 19.5 Å². The van der Waals surface area contributed by atoms with Gasteiger partial charge in [-0.25, -0.2) is 4.98 Å². The molecule has 2 aliphatic rings. The van der Waals surface area contributed by atoms with Gasteiger partial charge in [-0.1, -0.05) is 12.1 Å². The lowest BCUT2D eigenvalue weighted by atomic mass is 9.78. The highest BCUT2D eigenvalue weighted by Gasteiger charge is 2.49. The lowest BCUT2D eigenvalue weighted by molar-refractivity contribution is -0.146. The van der Waals surface area contributed by atoms with E-state index >= 15 is 0 Å². The molecule has 1 spiro atoms. The van der Waals surface area contributed by atoms with Crippen molar-refractivity contribution in [2.75, 3.05) is 32.8 Å². The van der Waals surface area contributed by atoms with E-state index in [4.69, 9.17) is 0 Å². The first kappa shape index (κ1) is 18.0. The summed E-state index contributed by atoms with van der Waals surface area (Å²) in [6, 6.07) is 7.82. The summed E-state index contributed by atoms with van der Waals surface area (Å²) in [5, 5.41) is 9.20. The maximum absolute atomic E-state index is 13.0. The number of carbonyl (C=O) groups excluding carboxylic acids is 2. The van der Waals surface area contributed by atoms with Gasteiger partial charge in [-0.3, -0.25) is 9.59 Å².